The highest BCUT2D eigenvalue weighted by atomic mass is 16.5. The average Bonchev–Trinajstić information content (AvgIpc) is 2.75. The Morgan fingerprint density at radius 3 is 2.43 bits per heavy atom. The smallest absolute Gasteiger partial charge is 0.313 e. The summed E-state index contributed by atoms with van der Waals surface area (Å²) < 4.78 is 5.10. The van der Waals surface area contributed by atoms with Crippen molar-refractivity contribution >= 4 is 23.2 Å². The molecule has 1 fully saturated rings. The SMILES string of the molecule is COc1cccc(NC(=O)C(=O)NCCN2CCN(c3ccccc3)CC2)c1. The van der Waals surface area contributed by atoms with Crippen LogP contribution in [0.15, 0.2) is 54.6 Å². The Labute approximate surface area is 165 Å². The highest BCUT2D eigenvalue weighted by Gasteiger charge is 2.18. The first-order valence-electron chi connectivity index (χ1n) is 9.41. The van der Waals surface area contributed by atoms with Crippen LogP contribution >= 0.6 is 0 Å². The molecule has 0 aliphatic carbocycles. The van der Waals surface area contributed by atoms with Gasteiger partial charge in [-0.1, -0.05) is 24.3 Å². The summed E-state index contributed by atoms with van der Waals surface area (Å²) in [6, 6.07) is 17.3. The van der Waals surface area contributed by atoms with Gasteiger partial charge in [0.05, 0.1) is 7.11 Å². The van der Waals surface area contributed by atoms with Gasteiger partial charge in [0.25, 0.3) is 0 Å². The lowest BCUT2D eigenvalue weighted by Gasteiger charge is -2.36. The molecule has 7 nitrogen and oxygen atoms in total. The first kappa shape index (κ1) is 19.7. The van der Waals surface area contributed by atoms with Gasteiger partial charge in [-0.05, 0) is 24.3 Å². The predicted molar refractivity (Wildman–Crippen MR) is 110 cm³/mol. The van der Waals surface area contributed by atoms with Crippen LogP contribution in [0.25, 0.3) is 0 Å². The Balaban J connectivity index is 1.36. The normalized spacial score (nSPS) is 14.4. The fourth-order valence-corrected chi connectivity index (χ4v) is 3.16. The van der Waals surface area contributed by atoms with E-state index in [1.54, 1.807) is 31.4 Å². The number of benzene rings is 2. The van der Waals surface area contributed by atoms with Crippen LogP contribution in [-0.4, -0.2) is 63.1 Å². The number of anilines is 2. The molecule has 2 amide bonds. The third kappa shape index (κ3) is 5.47. The Kier molecular flexibility index (Phi) is 6.86. The maximum absolute atomic E-state index is 12.0. The zero-order valence-electron chi connectivity index (χ0n) is 16.1. The number of hydrogen-bond donors (Lipinski definition) is 2. The van der Waals surface area contributed by atoms with Crippen molar-refractivity contribution in [2.75, 3.05) is 56.6 Å². The van der Waals surface area contributed by atoms with Gasteiger partial charge in [0.15, 0.2) is 0 Å². The van der Waals surface area contributed by atoms with Crippen LogP contribution in [0, 0.1) is 0 Å². The molecular formula is C21H26N4O3. The maximum atomic E-state index is 12.0. The van der Waals surface area contributed by atoms with Crippen LogP contribution in [0.2, 0.25) is 0 Å². The molecule has 0 unspecified atom stereocenters. The topological polar surface area (TPSA) is 73.9 Å². The first-order valence-corrected chi connectivity index (χ1v) is 9.41. The highest BCUT2D eigenvalue weighted by molar-refractivity contribution is 6.39. The molecule has 0 radical (unpaired) electrons. The summed E-state index contributed by atoms with van der Waals surface area (Å²) in [6.07, 6.45) is 0. The van der Waals surface area contributed by atoms with Crippen molar-refractivity contribution in [3.8, 4) is 5.75 Å². The molecule has 1 aliphatic heterocycles. The van der Waals surface area contributed by atoms with Gasteiger partial charge < -0.3 is 20.3 Å². The monoisotopic (exact) mass is 382 g/mol. The molecule has 7 heteroatoms. The molecule has 148 valence electrons. The Morgan fingerprint density at radius 2 is 1.71 bits per heavy atom. The summed E-state index contributed by atoms with van der Waals surface area (Å²) in [6.45, 7) is 4.93. The summed E-state index contributed by atoms with van der Waals surface area (Å²) >= 11 is 0. The number of hydrogen-bond acceptors (Lipinski definition) is 5. The summed E-state index contributed by atoms with van der Waals surface area (Å²) in [5.41, 5.74) is 1.77. The van der Waals surface area contributed by atoms with Gasteiger partial charge in [0, 0.05) is 56.7 Å². The van der Waals surface area contributed by atoms with Crippen molar-refractivity contribution < 1.29 is 14.3 Å². The summed E-state index contributed by atoms with van der Waals surface area (Å²) in [4.78, 5) is 28.7. The number of carbonyl (C=O) groups excluding carboxylic acids is 2. The van der Waals surface area contributed by atoms with Gasteiger partial charge >= 0.3 is 11.8 Å². The molecule has 0 bridgehead atoms. The Hall–Kier alpha value is -3.06. The maximum Gasteiger partial charge on any atom is 0.313 e. The lowest BCUT2D eigenvalue weighted by atomic mass is 10.2. The van der Waals surface area contributed by atoms with E-state index in [1.807, 2.05) is 18.2 Å². The van der Waals surface area contributed by atoms with Crippen molar-refractivity contribution in [1.82, 2.24) is 10.2 Å². The van der Waals surface area contributed by atoms with Crippen molar-refractivity contribution in [3.63, 3.8) is 0 Å². The standard InChI is InChI=1S/C21H26N4O3/c1-28-19-9-5-6-17(16-19)23-21(27)20(26)22-10-11-24-12-14-25(15-13-24)18-7-3-2-4-8-18/h2-9,16H,10-15H2,1H3,(H,22,26)(H,23,27). The van der Waals surface area contributed by atoms with E-state index in [2.05, 4.69) is 32.6 Å². The molecule has 2 aromatic carbocycles. The largest absolute Gasteiger partial charge is 0.497 e. The van der Waals surface area contributed by atoms with Crippen LogP contribution in [0.3, 0.4) is 0 Å². The molecule has 0 atom stereocenters. The van der Waals surface area contributed by atoms with Crippen molar-refractivity contribution in [1.29, 1.82) is 0 Å². The van der Waals surface area contributed by atoms with E-state index in [9.17, 15) is 9.59 Å². The zero-order valence-corrected chi connectivity index (χ0v) is 16.1. The number of piperazine rings is 1. The van der Waals surface area contributed by atoms with Crippen LogP contribution in [0.4, 0.5) is 11.4 Å². The molecule has 0 spiro atoms. The lowest BCUT2D eigenvalue weighted by molar-refractivity contribution is -0.136. The second kappa shape index (κ2) is 9.75. The Morgan fingerprint density at radius 1 is 0.964 bits per heavy atom. The molecule has 1 aliphatic rings. The van der Waals surface area contributed by atoms with E-state index in [-0.39, 0.29) is 0 Å². The first-order chi connectivity index (χ1) is 13.7. The second-order valence-corrected chi connectivity index (χ2v) is 6.61. The van der Waals surface area contributed by atoms with Gasteiger partial charge in [-0.3, -0.25) is 14.5 Å². The van der Waals surface area contributed by atoms with Crippen LogP contribution in [0.1, 0.15) is 0 Å². The number of rotatable bonds is 6. The number of amides is 2. The summed E-state index contributed by atoms with van der Waals surface area (Å²) in [7, 11) is 1.55. The summed E-state index contributed by atoms with van der Waals surface area (Å²) in [5, 5.41) is 5.26. The van der Waals surface area contributed by atoms with E-state index in [0.29, 0.717) is 18.0 Å². The third-order valence-electron chi connectivity index (χ3n) is 4.74. The van der Waals surface area contributed by atoms with E-state index in [0.717, 1.165) is 32.7 Å². The molecule has 3 rings (SSSR count). The van der Waals surface area contributed by atoms with Crippen molar-refractivity contribution in [2.24, 2.45) is 0 Å². The van der Waals surface area contributed by atoms with Crippen molar-refractivity contribution in [3.05, 3.63) is 54.6 Å². The van der Waals surface area contributed by atoms with E-state index >= 15 is 0 Å². The molecule has 1 saturated heterocycles. The Bertz CT molecular complexity index is 789. The molecule has 2 N–H and O–H groups in total. The quantitative estimate of drug-likeness (QED) is 0.742. The number of para-hydroxylation sites is 1. The fourth-order valence-electron chi connectivity index (χ4n) is 3.16. The number of nitrogens with one attached hydrogen (secondary N) is 2. The van der Waals surface area contributed by atoms with Gasteiger partial charge in [0.1, 0.15) is 5.75 Å². The molecular weight excluding hydrogens is 356 g/mol. The van der Waals surface area contributed by atoms with Crippen LogP contribution < -0.4 is 20.3 Å². The number of carbonyl (C=O) groups is 2. The van der Waals surface area contributed by atoms with E-state index in [4.69, 9.17) is 4.74 Å². The van der Waals surface area contributed by atoms with Gasteiger partial charge in [-0.15, -0.1) is 0 Å². The summed E-state index contributed by atoms with van der Waals surface area (Å²) in [5.74, 6) is -0.694. The molecule has 0 aromatic heterocycles. The minimum atomic E-state index is -0.679. The highest BCUT2D eigenvalue weighted by Crippen LogP contribution is 2.17. The van der Waals surface area contributed by atoms with Crippen LogP contribution in [-0.2, 0) is 9.59 Å². The number of methoxy groups -OCH3 is 1. The third-order valence-corrected chi connectivity index (χ3v) is 4.74. The average molecular weight is 382 g/mol. The number of ether oxygens (including phenoxy) is 1. The van der Waals surface area contributed by atoms with Crippen LogP contribution in [0.5, 0.6) is 5.75 Å². The molecule has 2 aromatic rings. The van der Waals surface area contributed by atoms with Gasteiger partial charge in [0.2, 0.25) is 0 Å². The fraction of sp³-hybridized carbons (Fsp3) is 0.333. The molecule has 1 heterocycles. The van der Waals surface area contributed by atoms with E-state index < -0.39 is 11.8 Å². The lowest BCUT2D eigenvalue weighted by Crippen LogP contribution is -2.49. The van der Waals surface area contributed by atoms with E-state index in [1.165, 1.54) is 5.69 Å². The van der Waals surface area contributed by atoms with Gasteiger partial charge in [-0.25, -0.2) is 0 Å². The minimum Gasteiger partial charge on any atom is -0.497 e. The second-order valence-electron chi connectivity index (χ2n) is 6.61. The number of nitrogens with zero attached hydrogens (tertiary/aromatic N) is 2. The van der Waals surface area contributed by atoms with Gasteiger partial charge in [-0.2, -0.15) is 0 Å². The zero-order chi connectivity index (χ0) is 19.8. The molecule has 0 saturated carbocycles. The minimum absolute atomic E-state index is 0.440. The van der Waals surface area contributed by atoms with Crippen molar-refractivity contribution in [2.45, 2.75) is 0 Å². The predicted octanol–water partition coefficient (Wildman–Crippen LogP) is 1.57. The molecule has 28 heavy (non-hydrogen) atoms.